The molecular weight excluding hydrogens is 394 g/mol. The maximum atomic E-state index is 9.66. The summed E-state index contributed by atoms with van der Waals surface area (Å²) in [5, 5.41) is 9.66. The fourth-order valence-corrected chi connectivity index (χ4v) is 4.37. The molecule has 0 saturated carbocycles. The summed E-state index contributed by atoms with van der Waals surface area (Å²) < 4.78 is 0. The van der Waals surface area contributed by atoms with Crippen LogP contribution in [0.25, 0.3) is 5.57 Å². The number of aliphatic hydroxyl groups is 1. The first-order chi connectivity index (χ1) is 15.3. The lowest BCUT2D eigenvalue weighted by Gasteiger charge is -2.27. The number of nitrogens with two attached hydrogens (primary N) is 1. The number of rotatable bonds is 9. The Bertz CT molecular complexity index is 942. The molecule has 3 N–H and O–H groups in total. The highest BCUT2D eigenvalue weighted by atomic mass is 16.3. The molecule has 1 unspecified atom stereocenters. The first-order valence-corrected chi connectivity index (χ1v) is 11.9. The van der Waals surface area contributed by atoms with E-state index in [-0.39, 0.29) is 0 Å². The van der Waals surface area contributed by atoms with Gasteiger partial charge in [-0.15, -0.1) is 0 Å². The summed E-state index contributed by atoms with van der Waals surface area (Å²) in [6.07, 6.45) is 12.2. The largest absolute Gasteiger partial charge is 0.402 e. The smallest absolute Gasteiger partial charge is 0.0707 e. The van der Waals surface area contributed by atoms with Crippen molar-refractivity contribution in [3.8, 4) is 0 Å². The van der Waals surface area contributed by atoms with E-state index in [1.807, 2.05) is 26.4 Å². The normalized spacial score (nSPS) is 17.4. The van der Waals surface area contributed by atoms with Crippen molar-refractivity contribution in [1.82, 2.24) is 0 Å². The van der Waals surface area contributed by atoms with Crippen molar-refractivity contribution in [3.05, 3.63) is 62.9 Å². The van der Waals surface area contributed by atoms with Crippen LogP contribution in [0, 0.1) is 13.8 Å². The van der Waals surface area contributed by atoms with Gasteiger partial charge in [0.05, 0.1) is 12.6 Å². The fraction of sp³-hybridized carbons (Fsp3) is 0.500. The van der Waals surface area contributed by atoms with Gasteiger partial charge in [-0.3, -0.25) is 9.98 Å². The number of unbranched alkanes of at least 4 members (excludes halogenated alkanes) is 1. The second-order valence-corrected chi connectivity index (χ2v) is 8.89. The molecule has 0 aliphatic heterocycles. The SMILES string of the molecule is CCC/C=C(C1=C(c2c(C)ccc(C)c2C=NC)CCCC1)\C(C=NCC(C)O)=C(/C)N. The highest BCUT2D eigenvalue weighted by molar-refractivity contribution is 5.95. The van der Waals surface area contributed by atoms with E-state index >= 15 is 0 Å². The Morgan fingerprint density at radius 3 is 2.50 bits per heavy atom. The van der Waals surface area contributed by atoms with Crippen LogP contribution in [0.5, 0.6) is 0 Å². The first-order valence-electron chi connectivity index (χ1n) is 11.9. The third kappa shape index (κ3) is 6.52. The maximum absolute atomic E-state index is 9.66. The molecule has 0 bridgehead atoms. The van der Waals surface area contributed by atoms with E-state index in [2.05, 4.69) is 49.0 Å². The standard InChI is InChI=1S/C28H41N3O/c1-7-8-11-24(27(22(5)29)18-31-16-21(4)32)23-12-9-10-13-25(23)28-20(3)15-14-19(2)26(28)17-30-6/h11,14-15,17-18,21,32H,7-10,12-13,16,29H2,1-6H3/b24-11-,27-22+,30-17?,31-18?. The monoisotopic (exact) mass is 435 g/mol. The molecule has 1 aromatic carbocycles. The van der Waals surface area contributed by atoms with Crippen molar-refractivity contribution in [2.75, 3.05) is 13.6 Å². The van der Waals surface area contributed by atoms with Crippen LogP contribution in [0.3, 0.4) is 0 Å². The summed E-state index contributed by atoms with van der Waals surface area (Å²) in [7, 11) is 1.84. The molecule has 0 heterocycles. The van der Waals surface area contributed by atoms with Gasteiger partial charge in [-0.05, 0) is 93.2 Å². The zero-order valence-electron chi connectivity index (χ0n) is 20.8. The lowest BCUT2D eigenvalue weighted by molar-refractivity contribution is 0.204. The predicted octanol–water partition coefficient (Wildman–Crippen LogP) is 6.09. The highest BCUT2D eigenvalue weighted by Gasteiger charge is 2.23. The quantitative estimate of drug-likeness (QED) is 0.364. The van der Waals surface area contributed by atoms with Crippen LogP contribution in [-0.2, 0) is 0 Å². The molecule has 1 aromatic rings. The lowest BCUT2D eigenvalue weighted by Crippen LogP contribution is -2.12. The highest BCUT2D eigenvalue weighted by Crippen LogP contribution is 2.41. The van der Waals surface area contributed by atoms with Gasteiger partial charge in [0, 0.05) is 36.3 Å². The molecule has 2 rings (SSSR count). The van der Waals surface area contributed by atoms with Gasteiger partial charge in [0.25, 0.3) is 0 Å². The van der Waals surface area contributed by atoms with Crippen molar-refractivity contribution < 1.29 is 5.11 Å². The van der Waals surface area contributed by atoms with Crippen molar-refractivity contribution >= 4 is 18.0 Å². The van der Waals surface area contributed by atoms with E-state index in [1.165, 1.54) is 51.8 Å². The summed E-state index contributed by atoms with van der Waals surface area (Å²) in [6.45, 7) is 10.6. The minimum Gasteiger partial charge on any atom is -0.402 e. The third-order valence-corrected chi connectivity index (χ3v) is 5.97. The predicted molar refractivity (Wildman–Crippen MR) is 140 cm³/mol. The topological polar surface area (TPSA) is 71.0 Å². The van der Waals surface area contributed by atoms with Crippen LogP contribution in [-0.4, -0.2) is 37.2 Å². The van der Waals surface area contributed by atoms with Gasteiger partial charge in [0.15, 0.2) is 0 Å². The first kappa shape index (κ1) is 25.8. The van der Waals surface area contributed by atoms with E-state index in [4.69, 9.17) is 5.73 Å². The van der Waals surface area contributed by atoms with Gasteiger partial charge in [-0.25, -0.2) is 0 Å². The molecule has 4 heteroatoms. The number of aliphatic imine (C=N–C) groups is 2. The molecule has 174 valence electrons. The van der Waals surface area contributed by atoms with Crippen LogP contribution in [0.15, 0.2) is 50.6 Å². The molecule has 4 nitrogen and oxygen atoms in total. The maximum Gasteiger partial charge on any atom is 0.0707 e. The Morgan fingerprint density at radius 2 is 1.88 bits per heavy atom. The Kier molecular flexibility index (Phi) is 10.1. The Hall–Kier alpha value is -2.46. The molecule has 0 radical (unpaired) electrons. The lowest BCUT2D eigenvalue weighted by atomic mass is 9.78. The molecule has 0 spiro atoms. The van der Waals surface area contributed by atoms with Crippen molar-refractivity contribution in [2.45, 2.75) is 79.2 Å². The molecule has 0 aromatic heterocycles. The number of hydrogen-bond donors (Lipinski definition) is 2. The van der Waals surface area contributed by atoms with Crippen LogP contribution >= 0.6 is 0 Å². The van der Waals surface area contributed by atoms with E-state index in [0.29, 0.717) is 6.54 Å². The van der Waals surface area contributed by atoms with E-state index in [9.17, 15) is 5.11 Å². The van der Waals surface area contributed by atoms with Crippen LogP contribution in [0.2, 0.25) is 0 Å². The number of benzene rings is 1. The van der Waals surface area contributed by atoms with Crippen molar-refractivity contribution in [2.24, 2.45) is 15.7 Å². The summed E-state index contributed by atoms with van der Waals surface area (Å²) in [4.78, 5) is 8.86. The van der Waals surface area contributed by atoms with E-state index in [0.717, 1.165) is 37.0 Å². The van der Waals surface area contributed by atoms with Gasteiger partial charge >= 0.3 is 0 Å². The Morgan fingerprint density at radius 1 is 1.19 bits per heavy atom. The number of hydrogen-bond acceptors (Lipinski definition) is 4. The number of allylic oxidation sites excluding steroid dienone is 6. The molecule has 0 amide bonds. The molecule has 1 aliphatic carbocycles. The summed E-state index contributed by atoms with van der Waals surface area (Å²) in [5.41, 5.74) is 17.2. The molecule has 0 fully saturated rings. The van der Waals surface area contributed by atoms with E-state index in [1.54, 1.807) is 6.92 Å². The van der Waals surface area contributed by atoms with Crippen LogP contribution in [0.4, 0.5) is 0 Å². The average molecular weight is 436 g/mol. The molecule has 32 heavy (non-hydrogen) atoms. The van der Waals surface area contributed by atoms with E-state index < -0.39 is 6.10 Å². The van der Waals surface area contributed by atoms with Crippen molar-refractivity contribution in [1.29, 1.82) is 0 Å². The van der Waals surface area contributed by atoms with Crippen LogP contribution < -0.4 is 5.73 Å². The second kappa shape index (κ2) is 12.5. The fourth-order valence-electron chi connectivity index (χ4n) is 4.37. The van der Waals surface area contributed by atoms with Gasteiger partial charge in [-0.1, -0.05) is 31.6 Å². The minimum atomic E-state index is -0.469. The Labute approximate surface area is 194 Å². The summed E-state index contributed by atoms with van der Waals surface area (Å²) in [6, 6.07) is 4.41. The third-order valence-electron chi connectivity index (χ3n) is 5.97. The molecule has 0 saturated heterocycles. The molecule has 1 atom stereocenters. The minimum absolute atomic E-state index is 0.373. The number of aliphatic hydroxyl groups excluding tert-OH is 1. The zero-order valence-corrected chi connectivity index (χ0v) is 20.8. The van der Waals surface area contributed by atoms with Crippen LogP contribution in [0.1, 0.15) is 81.5 Å². The summed E-state index contributed by atoms with van der Waals surface area (Å²) >= 11 is 0. The summed E-state index contributed by atoms with van der Waals surface area (Å²) in [5.74, 6) is 0. The van der Waals surface area contributed by atoms with Gasteiger partial charge in [0.1, 0.15) is 0 Å². The number of nitrogens with zero attached hydrogens (tertiary/aromatic N) is 2. The Balaban J connectivity index is 2.78. The zero-order chi connectivity index (χ0) is 23.7. The molecular formula is C28H41N3O. The average Bonchev–Trinajstić information content (AvgIpc) is 2.75. The van der Waals surface area contributed by atoms with Gasteiger partial charge in [0.2, 0.25) is 0 Å². The van der Waals surface area contributed by atoms with Gasteiger partial charge < -0.3 is 10.8 Å². The molecule has 1 aliphatic rings. The number of aryl methyl sites for hydroxylation is 2. The van der Waals surface area contributed by atoms with Gasteiger partial charge in [-0.2, -0.15) is 0 Å². The van der Waals surface area contributed by atoms with Crippen molar-refractivity contribution in [3.63, 3.8) is 0 Å². The second-order valence-electron chi connectivity index (χ2n) is 8.89.